The van der Waals surface area contributed by atoms with Crippen molar-refractivity contribution in [2.45, 2.75) is 25.8 Å². The lowest BCUT2D eigenvalue weighted by atomic mass is 10.0. The smallest absolute Gasteiger partial charge is 0.300 e. The number of anilines is 1. The van der Waals surface area contributed by atoms with Gasteiger partial charge in [-0.2, -0.15) is 0 Å². The van der Waals surface area contributed by atoms with Gasteiger partial charge in [0.05, 0.1) is 32.1 Å². The number of likely N-dealkylation sites (tertiary alicyclic amines) is 1. The summed E-state index contributed by atoms with van der Waals surface area (Å²) in [7, 11) is 3.30. The Labute approximate surface area is 164 Å². The van der Waals surface area contributed by atoms with E-state index in [1.54, 1.807) is 25.2 Å². The Hall–Kier alpha value is -2.86. The number of amides is 1. The highest BCUT2D eigenvalue weighted by Gasteiger charge is 2.39. The summed E-state index contributed by atoms with van der Waals surface area (Å²) in [6.45, 7) is 3.15. The number of carbonyl (C=O) groups is 2. The van der Waals surface area contributed by atoms with Crippen molar-refractivity contribution in [3.63, 3.8) is 0 Å². The molecule has 6 nitrogen and oxygen atoms in total. The molecule has 1 saturated heterocycles. The topological polar surface area (TPSA) is 59.1 Å². The van der Waals surface area contributed by atoms with Crippen LogP contribution in [-0.2, 0) is 4.79 Å². The Balaban J connectivity index is 1.64. The second kappa shape index (κ2) is 7.28. The van der Waals surface area contributed by atoms with Crippen molar-refractivity contribution in [2.75, 3.05) is 32.3 Å². The molecule has 2 heterocycles. The fourth-order valence-electron chi connectivity index (χ4n) is 4.18. The molecule has 0 aromatic heterocycles. The van der Waals surface area contributed by atoms with Crippen molar-refractivity contribution in [1.29, 1.82) is 0 Å². The number of benzene rings is 2. The summed E-state index contributed by atoms with van der Waals surface area (Å²) in [5.41, 5.74) is 3.21. The third kappa shape index (κ3) is 3.03. The Morgan fingerprint density at radius 3 is 2.64 bits per heavy atom. The van der Waals surface area contributed by atoms with Crippen LogP contribution in [0, 0.1) is 6.92 Å². The van der Waals surface area contributed by atoms with Crippen molar-refractivity contribution in [3.05, 3.63) is 53.1 Å². The van der Waals surface area contributed by atoms with Gasteiger partial charge in [-0.25, -0.2) is 0 Å². The number of rotatable bonds is 5. The van der Waals surface area contributed by atoms with E-state index >= 15 is 0 Å². The zero-order valence-electron chi connectivity index (χ0n) is 16.4. The first-order chi connectivity index (χ1) is 13.5. The maximum atomic E-state index is 12.6. The van der Waals surface area contributed by atoms with Crippen LogP contribution in [0.5, 0.6) is 11.5 Å². The van der Waals surface area contributed by atoms with E-state index in [2.05, 4.69) is 4.90 Å². The van der Waals surface area contributed by atoms with Crippen molar-refractivity contribution < 1.29 is 19.1 Å². The number of aryl methyl sites for hydroxylation is 1. The van der Waals surface area contributed by atoms with Gasteiger partial charge < -0.3 is 9.47 Å². The van der Waals surface area contributed by atoms with E-state index in [4.69, 9.17) is 9.47 Å². The van der Waals surface area contributed by atoms with Crippen molar-refractivity contribution in [1.82, 2.24) is 4.90 Å². The average molecular weight is 380 g/mol. The number of ketones is 1. The highest BCUT2D eigenvalue weighted by atomic mass is 16.5. The van der Waals surface area contributed by atoms with Crippen LogP contribution in [0.1, 0.15) is 40.4 Å². The van der Waals surface area contributed by atoms with Gasteiger partial charge in [-0.15, -0.1) is 0 Å². The van der Waals surface area contributed by atoms with Gasteiger partial charge in [0.25, 0.3) is 5.78 Å². The molecule has 28 heavy (non-hydrogen) atoms. The average Bonchev–Trinajstić information content (AvgIpc) is 3.26. The molecule has 1 amide bonds. The third-order valence-corrected chi connectivity index (χ3v) is 5.61. The molecule has 6 heteroatoms. The van der Waals surface area contributed by atoms with Gasteiger partial charge in [0, 0.05) is 18.2 Å². The van der Waals surface area contributed by atoms with E-state index in [9.17, 15) is 9.59 Å². The van der Waals surface area contributed by atoms with E-state index in [0.29, 0.717) is 17.9 Å². The van der Waals surface area contributed by atoms with Crippen LogP contribution in [0.25, 0.3) is 0 Å². The molecule has 2 aliphatic heterocycles. The first-order valence-corrected chi connectivity index (χ1v) is 9.46. The van der Waals surface area contributed by atoms with Crippen LogP contribution in [0.2, 0.25) is 0 Å². The molecule has 0 spiro atoms. The van der Waals surface area contributed by atoms with E-state index in [0.717, 1.165) is 42.0 Å². The van der Waals surface area contributed by atoms with Gasteiger partial charge in [0.1, 0.15) is 11.5 Å². The number of Topliss-reactive ketones (excluding diaryl/α,β-unsaturated/α-hetero) is 1. The third-order valence-electron chi connectivity index (χ3n) is 5.61. The largest absolute Gasteiger partial charge is 0.497 e. The molecule has 0 radical (unpaired) electrons. The molecule has 1 atom stereocenters. The predicted octanol–water partition coefficient (Wildman–Crippen LogP) is 3.34. The summed E-state index contributed by atoms with van der Waals surface area (Å²) < 4.78 is 11.0. The number of ether oxygens (including phenoxy) is 2. The number of methoxy groups -OCH3 is 2. The lowest BCUT2D eigenvalue weighted by Gasteiger charge is -2.30. The molecule has 0 unspecified atom stereocenters. The van der Waals surface area contributed by atoms with Crippen LogP contribution < -0.4 is 14.4 Å². The molecule has 0 bridgehead atoms. The van der Waals surface area contributed by atoms with E-state index in [1.165, 1.54) is 0 Å². The van der Waals surface area contributed by atoms with E-state index in [1.807, 2.05) is 37.3 Å². The van der Waals surface area contributed by atoms with Crippen LogP contribution in [-0.4, -0.2) is 44.0 Å². The maximum absolute atomic E-state index is 12.6. The summed E-state index contributed by atoms with van der Waals surface area (Å²) in [5, 5.41) is 0. The Morgan fingerprint density at radius 2 is 1.89 bits per heavy atom. The molecule has 146 valence electrons. The summed E-state index contributed by atoms with van der Waals surface area (Å²) >= 11 is 0. The fourth-order valence-corrected chi connectivity index (χ4v) is 4.18. The van der Waals surface area contributed by atoms with E-state index in [-0.39, 0.29) is 6.04 Å². The van der Waals surface area contributed by atoms with Gasteiger partial charge in [-0.05, 0) is 50.1 Å². The van der Waals surface area contributed by atoms with Crippen molar-refractivity contribution in [3.8, 4) is 11.5 Å². The molecule has 0 aliphatic carbocycles. The highest BCUT2D eigenvalue weighted by Crippen LogP contribution is 2.40. The second-order valence-electron chi connectivity index (χ2n) is 7.30. The fraction of sp³-hybridized carbons (Fsp3) is 0.364. The predicted molar refractivity (Wildman–Crippen MR) is 106 cm³/mol. The second-order valence-corrected chi connectivity index (χ2v) is 7.30. The normalized spacial score (nSPS) is 19.2. The number of nitrogens with zero attached hydrogens (tertiary/aromatic N) is 2. The van der Waals surface area contributed by atoms with Crippen LogP contribution in [0.15, 0.2) is 36.4 Å². The van der Waals surface area contributed by atoms with Crippen molar-refractivity contribution in [2.24, 2.45) is 0 Å². The molecule has 2 aliphatic rings. The molecule has 2 aromatic carbocycles. The van der Waals surface area contributed by atoms with Crippen LogP contribution >= 0.6 is 0 Å². The molecular weight excluding hydrogens is 356 g/mol. The zero-order valence-corrected chi connectivity index (χ0v) is 16.4. The monoisotopic (exact) mass is 380 g/mol. The van der Waals surface area contributed by atoms with Gasteiger partial charge in [-0.1, -0.05) is 11.6 Å². The first kappa shape index (κ1) is 18.5. The lowest BCUT2D eigenvalue weighted by molar-refractivity contribution is -0.114. The first-order valence-electron chi connectivity index (χ1n) is 9.46. The van der Waals surface area contributed by atoms with Gasteiger partial charge in [0.2, 0.25) is 0 Å². The summed E-state index contributed by atoms with van der Waals surface area (Å²) in [6, 6.07) is 11.5. The zero-order chi connectivity index (χ0) is 19.8. The SMILES string of the molecule is COc1ccc(OC)c([C@H]2CCCN2CN2C(=O)C(=O)c3cc(C)ccc32)c1. The molecule has 0 N–H and O–H groups in total. The Bertz CT molecular complexity index is 940. The minimum atomic E-state index is -0.455. The van der Waals surface area contributed by atoms with Gasteiger partial charge >= 0.3 is 5.91 Å². The maximum Gasteiger partial charge on any atom is 0.300 e. The Morgan fingerprint density at radius 1 is 1.07 bits per heavy atom. The molecule has 0 saturated carbocycles. The highest BCUT2D eigenvalue weighted by molar-refractivity contribution is 6.52. The van der Waals surface area contributed by atoms with Gasteiger partial charge in [0.15, 0.2) is 0 Å². The number of hydrogen-bond donors (Lipinski definition) is 0. The minimum Gasteiger partial charge on any atom is -0.497 e. The molecular formula is C22H24N2O4. The van der Waals surface area contributed by atoms with Crippen LogP contribution in [0.4, 0.5) is 5.69 Å². The number of carbonyl (C=O) groups excluding carboxylic acids is 2. The number of hydrogen-bond acceptors (Lipinski definition) is 5. The molecule has 2 aromatic rings. The Kier molecular flexibility index (Phi) is 4.81. The molecule has 4 rings (SSSR count). The summed E-state index contributed by atoms with van der Waals surface area (Å²) in [5.74, 6) is 0.700. The lowest BCUT2D eigenvalue weighted by Crippen LogP contribution is -2.40. The quantitative estimate of drug-likeness (QED) is 0.745. The standard InChI is InChI=1S/C22H24N2O4/c1-14-6-8-19-17(11-14)21(25)22(26)24(19)13-23-10-4-5-18(23)16-12-15(27-2)7-9-20(16)28-3/h6-9,11-12,18H,4-5,10,13H2,1-3H3/t18-/m1/s1. The van der Waals surface area contributed by atoms with Gasteiger partial charge in [-0.3, -0.25) is 19.4 Å². The number of fused-ring (bicyclic) bond motifs is 1. The van der Waals surface area contributed by atoms with E-state index < -0.39 is 11.7 Å². The van der Waals surface area contributed by atoms with Crippen molar-refractivity contribution >= 4 is 17.4 Å². The molecule has 1 fully saturated rings. The summed E-state index contributed by atoms with van der Waals surface area (Å²) in [6.07, 6.45) is 1.97. The summed E-state index contributed by atoms with van der Waals surface area (Å²) in [4.78, 5) is 28.9. The van der Waals surface area contributed by atoms with Crippen LogP contribution in [0.3, 0.4) is 0 Å². The minimum absolute atomic E-state index is 0.0995.